The summed E-state index contributed by atoms with van der Waals surface area (Å²) >= 11 is 0. The molecule has 2 aliphatic heterocycles. The van der Waals surface area contributed by atoms with Crippen LogP contribution in [0.25, 0.3) is 0 Å². The van der Waals surface area contributed by atoms with Crippen LogP contribution in [-0.2, 0) is 16.0 Å². The van der Waals surface area contributed by atoms with Crippen molar-refractivity contribution in [2.24, 2.45) is 0 Å². The number of piperidine rings is 2. The minimum Gasteiger partial charge on any atom is -0.381 e. The second-order valence-electron chi connectivity index (χ2n) is 7.78. The predicted molar refractivity (Wildman–Crippen MR) is 105 cm³/mol. The van der Waals surface area contributed by atoms with Gasteiger partial charge < -0.3 is 14.5 Å². The molecule has 1 amide bonds. The lowest BCUT2D eigenvalue weighted by Crippen LogP contribution is -2.49. The number of carbonyl (C=O) groups excluding carboxylic acids is 1. The molecule has 0 radical (unpaired) electrons. The van der Waals surface area contributed by atoms with Crippen molar-refractivity contribution in [3.8, 4) is 0 Å². The van der Waals surface area contributed by atoms with Gasteiger partial charge in [0.05, 0.1) is 6.10 Å². The van der Waals surface area contributed by atoms with E-state index in [0.29, 0.717) is 24.5 Å². The fraction of sp³-hybridized carbons (Fsp3) is 0.682. The Balaban J connectivity index is 1.31. The van der Waals surface area contributed by atoms with E-state index in [1.54, 1.807) is 0 Å². The maximum atomic E-state index is 12.5. The molecule has 2 saturated heterocycles. The molecule has 2 fully saturated rings. The van der Waals surface area contributed by atoms with Gasteiger partial charge in [0, 0.05) is 45.8 Å². The number of likely N-dealkylation sites (tertiary alicyclic amines) is 2. The van der Waals surface area contributed by atoms with Gasteiger partial charge in [0.15, 0.2) is 0 Å². The molecule has 0 unspecified atom stereocenters. The lowest BCUT2D eigenvalue weighted by Gasteiger charge is -2.41. The number of nitrogens with zero attached hydrogens (tertiary/aromatic N) is 2. The Morgan fingerprint density at radius 3 is 2.35 bits per heavy atom. The topological polar surface area (TPSA) is 32.8 Å². The van der Waals surface area contributed by atoms with Gasteiger partial charge in [0.1, 0.15) is 0 Å². The number of unbranched alkanes of at least 4 members (excludes halogenated alkanes) is 1. The smallest absolute Gasteiger partial charge is 0.222 e. The van der Waals surface area contributed by atoms with Gasteiger partial charge in [-0.1, -0.05) is 30.3 Å². The van der Waals surface area contributed by atoms with Gasteiger partial charge in [0.25, 0.3) is 0 Å². The first-order valence-electron chi connectivity index (χ1n) is 10.3. The molecule has 0 aromatic heterocycles. The Hall–Kier alpha value is -1.39. The summed E-state index contributed by atoms with van der Waals surface area (Å²) in [5, 5.41) is 0. The molecule has 2 aliphatic rings. The van der Waals surface area contributed by atoms with Crippen LogP contribution >= 0.6 is 0 Å². The zero-order valence-electron chi connectivity index (χ0n) is 16.2. The Kier molecular flexibility index (Phi) is 7.51. The Labute approximate surface area is 158 Å². The monoisotopic (exact) mass is 358 g/mol. The van der Waals surface area contributed by atoms with Crippen molar-refractivity contribution in [3.05, 3.63) is 35.9 Å². The van der Waals surface area contributed by atoms with Crippen LogP contribution in [0.5, 0.6) is 0 Å². The normalized spacial score (nSPS) is 20.4. The van der Waals surface area contributed by atoms with E-state index in [-0.39, 0.29) is 0 Å². The molecule has 26 heavy (non-hydrogen) atoms. The first-order valence-corrected chi connectivity index (χ1v) is 10.3. The summed E-state index contributed by atoms with van der Waals surface area (Å²) in [6.45, 7) is 4.17. The van der Waals surface area contributed by atoms with Gasteiger partial charge in [-0.25, -0.2) is 0 Å². The molecule has 0 aliphatic carbocycles. The average Bonchev–Trinajstić information content (AvgIpc) is 2.72. The second kappa shape index (κ2) is 10.1. The van der Waals surface area contributed by atoms with E-state index < -0.39 is 0 Å². The van der Waals surface area contributed by atoms with Crippen LogP contribution < -0.4 is 0 Å². The zero-order valence-corrected chi connectivity index (χ0v) is 16.2. The minimum absolute atomic E-state index is 0.356. The van der Waals surface area contributed by atoms with E-state index in [1.807, 2.05) is 7.11 Å². The number of amides is 1. The summed E-state index contributed by atoms with van der Waals surface area (Å²) in [5.41, 5.74) is 1.37. The molecular weight excluding hydrogens is 324 g/mol. The Morgan fingerprint density at radius 1 is 1.00 bits per heavy atom. The Morgan fingerprint density at radius 2 is 1.69 bits per heavy atom. The molecule has 1 aromatic rings. The van der Waals surface area contributed by atoms with Gasteiger partial charge in [0.2, 0.25) is 5.91 Å². The predicted octanol–water partition coefficient (Wildman–Crippen LogP) is 3.50. The highest BCUT2D eigenvalue weighted by atomic mass is 16.5. The van der Waals surface area contributed by atoms with Crippen LogP contribution in [0.4, 0.5) is 0 Å². The maximum Gasteiger partial charge on any atom is 0.222 e. The highest BCUT2D eigenvalue weighted by Gasteiger charge is 2.29. The third-order valence-corrected chi connectivity index (χ3v) is 6.09. The van der Waals surface area contributed by atoms with Crippen molar-refractivity contribution in [1.82, 2.24) is 9.80 Å². The zero-order chi connectivity index (χ0) is 18.2. The fourth-order valence-corrected chi connectivity index (χ4v) is 4.37. The van der Waals surface area contributed by atoms with Crippen molar-refractivity contribution < 1.29 is 9.53 Å². The van der Waals surface area contributed by atoms with E-state index in [0.717, 1.165) is 71.1 Å². The molecular formula is C22H34N2O2. The second-order valence-corrected chi connectivity index (χ2v) is 7.78. The van der Waals surface area contributed by atoms with Crippen LogP contribution in [0, 0.1) is 0 Å². The van der Waals surface area contributed by atoms with Crippen LogP contribution in [0.2, 0.25) is 0 Å². The van der Waals surface area contributed by atoms with Crippen LogP contribution in [0.15, 0.2) is 30.3 Å². The lowest BCUT2D eigenvalue weighted by atomic mass is 9.98. The lowest BCUT2D eigenvalue weighted by molar-refractivity contribution is -0.133. The third kappa shape index (κ3) is 5.55. The number of methoxy groups -OCH3 is 1. The van der Waals surface area contributed by atoms with Crippen molar-refractivity contribution in [2.45, 2.75) is 63.5 Å². The molecule has 0 bridgehead atoms. The fourth-order valence-electron chi connectivity index (χ4n) is 4.37. The molecule has 0 N–H and O–H groups in total. The maximum absolute atomic E-state index is 12.5. The summed E-state index contributed by atoms with van der Waals surface area (Å²) in [6, 6.07) is 11.2. The molecule has 144 valence electrons. The van der Waals surface area contributed by atoms with Crippen molar-refractivity contribution in [1.29, 1.82) is 0 Å². The third-order valence-electron chi connectivity index (χ3n) is 6.09. The summed E-state index contributed by atoms with van der Waals surface area (Å²) in [7, 11) is 1.82. The number of carbonyl (C=O) groups is 1. The average molecular weight is 359 g/mol. The van der Waals surface area contributed by atoms with Crippen LogP contribution in [0.1, 0.15) is 50.5 Å². The van der Waals surface area contributed by atoms with Gasteiger partial charge in [-0.05, 0) is 50.5 Å². The van der Waals surface area contributed by atoms with Crippen molar-refractivity contribution in [2.75, 3.05) is 33.3 Å². The SMILES string of the molecule is COC1CCN(C2CCN(C(=O)CCCCc3ccccc3)CC2)CC1. The van der Waals surface area contributed by atoms with E-state index >= 15 is 0 Å². The van der Waals surface area contributed by atoms with Gasteiger partial charge in [-0.3, -0.25) is 4.79 Å². The first-order chi connectivity index (χ1) is 12.8. The molecule has 1 aromatic carbocycles. The first kappa shape index (κ1) is 19.4. The van der Waals surface area contributed by atoms with Gasteiger partial charge in [-0.2, -0.15) is 0 Å². The molecule has 0 saturated carbocycles. The molecule has 0 spiro atoms. The minimum atomic E-state index is 0.356. The number of rotatable bonds is 7. The summed E-state index contributed by atoms with van der Waals surface area (Å²) < 4.78 is 5.47. The van der Waals surface area contributed by atoms with Gasteiger partial charge >= 0.3 is 0 Å². The highest BCUT2D eigenvalue weighted by molar-refractivity contribution is 5.76. The number of ether oxygens (including phenoxy) is 1. The highest BCUT2D eigenvalue weighted by Crippen LogP contribution is 2.22. The molecule has 4 nitrogen and oxygen atoms in total. The molecule has 0 atom stereocenters. The van der Waals surface area contributed by atoms with E-state index in [9.17, 15) is 4.79 Å². The number of hydrogen-bond acceptors (Lipinski definition) is 3. The summed E-state index contributed by atoms with van der Waals surface area (Å²) in [5.74, 6) is 0.356. The van der Waals surface area contributed by atoms with Crippen molar-refractivity contribution in [3.63, 3.8) is 0 Å². The van der Waals surface area contributed by atoms with E-state index in [4.69, 9.17) is 4.74 Å². The number of benzene rings is 1. The van der Waals surface area contributed by atoms with Crippen molar-refractivity contribution >= 4 is 5.91 Å². The van der Waals surface area contributed by atoms with Crippen LogP contribution in [-0.4, -0.2) is 61.1 Å². The molecule has 4 heteroatoms. The summed E-state index contributed by atoms with van der Waals surface area (Å²) in [6.07, 6.45) is 8.89. The molecule has 2 heterocycles. The number of hydrogen-bond donors (Lipinski definition) is 0. The standard InChI is InChI=1S/C22H34N2O2/c1-26-21-13-17-23(18-14-21)20-11-15-24(16-12-20)22(25)10-6-5-9-19-7-3-2-4-8-19/h2-4,7-8,20-21H,5-6,9-18H2,1H3. The van der Waals surface area contributed by atoms with E-state index in [1.165, 1.54) is 5.56 Å². The Bertz CT molecular complexity index is 532. The summed E-state index contributed by atoms with van der Waals surface area (Å²) in [4.78, 5) is 17.2. The largest absolute Gasteiger partial charge is 0.381 e. The quantitative estimate of drug-likeness (QED) is 0.700. The number of aryl methyl sites for hydroxylation is 1. The molecule has 3 rings (SSSR count). The van der Waals surface area contributed by atoms with Gasteiger partial charge in [-0.15, -0.1) is 0 Å². The van der Waals surface area contributed by atoms with E-state index in [2.05, 4.69) is 40.1 Å². The van der Waals surface area contributed by atoms with Crippen LogP contribution in [0.3, 0.4) is 0 Å².